The van der Waals surface area contributed by atoms with Gasteiger partial charge in [0.15, 0.2) is 9.84 Å². The molecule has 34 heavy (non-hydrogen) atoms. The summed E-state index contributed by atoms with van der Waals surface area (Å²) in [6.07, 6.45) is 4.69. The summed E-state index contributed by atoms with van der Waals surface area (Å²) in [5, 5.41) is 1.64. The largest absolute Gasteiger partial charge is 0.350 e. The Hall–Kier alpha value is -3.08. The Kier molecular flexibility index (Phi) is 7.11. The van der Waals surface area contributed by atoms with Crippen molar-refractivity contribution in [1.29, 1.82) is 0 Å². The SMILES string of the molecule is O=C(NC[C@@H](c1cccnc1)S(=O)(=O)c1ccccc1)c1ccc(S(=O)(=O)N2CCCC2)cc1. The van der Waals surface area contributed by atoms with Crippen LogP contribution in [0.15, 0.2) is 88.9 Å². The summed E-state index contributed by atoms with van der Waals surface area (Å²) in [6.45, 7) is 0.821. The van der Waals surface area contributed by atoms with Gasteiger partial charge in [0.05, 0.1) is 9.79 Å². The predicted molar refractivity (Wildman–Crippen MR) is 127 cm³/mol. The Morgan fingerprint density at radius 3 is 2.18 bits per heavy atom. The first kappa shape index (κ1) is 24.1. The molecule has 1 aliphatic heterocycles. The highest BCUT2D eigenvalue weighted by Gasteiger charge is 2.30. The fraction of sp³-hybridized carbons (Fsp3) is 0.250. The van der Waals surface area contributed by atoms with Crippen LogP contribution in [0.1, 0.15) is 34.0 Å². The van der Waals surface area contributed by atoms with Gasteiger partial charge < -0.3 is 5.32 Å². The van der Waals surface area contributed by atoms with Crippen molar-refractivity contribution >= 4 is 25.8 Å². The zero-order valence-electron chi connectivity index (χ0n) is 18.4. The van der Waals surface area contributed by atoms with Gasteiger partial charge in [-0.15, -0.1) is 0 Å². The maximum absolute atomic E-state index is 13.3. The van der Waals surface area contributed by atoms with Gasteiger partial charge in [-0.25, -0.2) is 16.8 Å². The molecule has 4 rings (SSSR count). The van der Waals surface area contributed by atoms with E-state index in [1.807, 2.05) is 0 Å². The summed E-state index contributed by atoms with van der Waals surface area (Å²) < 4.78 is 53.4. The topological polar surface area (TPSA) is 114 Å². The number of benzene rings is 2. The van der Waals surface area contributed by atoms with Crippen molar-refractivity contribution in [3.8, 4) is 0 Å². The summed E-state index contributed by atoms with van der Waals surface area (Å²) in [6, 6.07) is 17.0. The third-order valence-corrected chi connectivity index (χ3v) is 9.80. The predicted octanol–water partition coefficient (Wildman–Crippen LogP) is 2.81. The van der Waals surface area contributed by atoms with Gasteiger partial charge in [0.2, 0.25) is 10.0 Å². The van der Waals surface area contributed by atoms with Crippen LogP contribution >= 0.6 is 0 Å². The number of carbonyl (C=O) groups excluding carboxylic acids is 1. The van der Waals surface area contributed by atoms with E-state index >= 15 is 0 Å². The van der Waals surface area contributed by atoms with Crippen LogP contribution in [0, 0.1) is 0 Å². The van der Waals surface area contributed by atoms with Crippen LogP contribution in [-0.4, -0.2) is 51.7 Å². The number of hydrogen-bond acceptors (Lipinski definition) is 6. The minimum absolute atomic E-state index is 0.130. The lowest BCUT2D eigenvalue weighted by atomic mass is 10.2. The van der Waals surface area contributed by atoms with Crippen molar-refractivity contribution in [3.05, 3.63) is 90.3 Å². The van der Waals surface area contributed by atoms with E-state index in [0.29, 0.717) is 18.7 Å². The Bertz CT molecular complexity index is 1340. The van der Waals surface area contributed by atoms with Crippen LogP contribution in [0.2, 0.25) is 0 Å². The number of carbonyl (C=O) groups is 1. The number of sulfone groups is 1. The molecule has 0 bridgehead atoms. The molecular weight excluding hydrogens is 474 g/mol. The monoisotopic (exact) mass is 499 g/mol. The summed E-state index contributed by atoms with van der Waals surface area (Å²) in [5.41, 5.74) is 0.695. The molecule has 1 amide bonds. The second-order valence-corrected chi connectivity index (χ2v) is 12.0. The normalized spacial score (nSPS) is 15.6. The van der Waals surface area contributed by atoms with E-state index in [1.54, 1.807) is 36.5 Å². The van der Waals surface area contributed by atoms with Crippen molar-refractivity contribution in [3.63, 3.8) is 0 Å². The Morgan fingerprint density at radius 2 is 1.56 bits per heavy atom. The number of sulfonamides is 1. The van der Waals surface area contributed by atoms with Gasteiger partial charge in [-0.2, -0.15) is 4.31 Å². The zero-order chi connectivity index (χ0) is 24.2. The van der Waals surface area contributed by atoms with E-state index in [4.69, 9.17) is 0 Å². The molecule has 1 N–H and O–H groups in total. The van der Waals surface area contributed by atoms with Crippen LogP contribution in [0.25, 0.3) is 0 Å². The van der Waals surface area contributed by atoms with Gasteiger partial charge in [0, 0.05) is 37.6 Å². The molecule has 0 saturated carbocycles. The van der Waals surface area contributed by atoms with E-state index in [1.165, 1.54) is 46.9 Å². The summed E-state index contributed by atoms with van der Waals surface area (Å²) in [7, 11) is -7.38. The van der Waals surface area contributed by atoms with Gasteiger partial charge >= 0.3 is 0 Å². The number of rotatable bonds is 8. The minimum atomic E-state index is -3.81. The van der Waals surface area contributed by atoms with Crippen LogP contribution in [0.3, 0.4) is 0 Å². The second-order valence-electron chi connectivity index (χ2n) is 7.98. The third kappa shape index (κ3) is 5.03. The molecule has 1 aliphatic rings. The molecule has 178 valence electrons. The third-order valence-electron chi connectivity index (χ3n) is 5.77. The van der Waals surface area contributed by atoms with Crippen LogP contribution < -0.4 is 5.32 Å². The highest BCUT2D eigenvalue weighted by atomic mass is 32.2. The molecule has 3 aromatic rings. The Labute approximate surface area is 199 Å². The molecule has 0 radical (unpaired) electrons. The average molecular weight is 500 g/mol. The van der Waals surface area contributed by atoms with Crippen LogP contribution in [0.4, 0.5) is 0 Å². The maximum Gasteiger partial charge on any atom is 0.251 e. The quantitative estimate of drug-likeness (QED) is 0.510. The molecule has 0 aliphatic carbocycles. The number of nitrogens with one attached hydrogen (secondary N) is 1. The van der Waals surface area contributed by atoms with Crippen molar-refractivity contribution < 1.29 is 21.6 Å². The molecule has 1 aromatic heterocycles. The number of pyridine rings is 1. The molecule has 0 spiro atoms. The number of aromatic nitrogens is 1. The first-order valence-corrected chi connectivity index (χ1v) is 13.9. The van der Waals surface area contributed by atoms with Gasteiger partial charge in [0.25, 0.3) is 5.91 Å². The lowest BCUT2D eigenvalue weighted by Gasteiger charge is -2.19. The van der Waals surface area contributed by atoms with Gasteiger partial charge in [-0.3, -0.25) is 9.78 Å². The fourth-order valence-electron chi connectivity index (χ4n) is 3.89. The van der Waals surface area contributed by atoms with Gasteiger partial charge in [-0.1, -0.05) is 24.3 Å². The molecule has 1 fully saturated rings. The highest BCUT2D eigenvalue weighted by Crippen LogP contribution is 2.28. The second kappa shape index (κ2) is 10.0. The molecule has 0 unspecified atom stereocenters. The Morgan fingerprint density at radius 1 is 0.882 bits per heavy atom. The fourth-order valence-corrected chi connectivity index (χ4v) is 7.07. The first-order chi connectivity index (χ1) is 16.3. The van der Waals surface area contributed by atoms with Crippen LogP contribution in [0.5, 0.6) is 0 Å². The Balaban J connectivity index is 1.52. The molecule has 8 nitrogen and oxygen atoms in total. The summed E-state index contributed by atoms with van der Waals surface area (Å²) >= 11 is 0. The van der Waals surface area contributed by atoms with Gasteiger partial charge in [-0.05, 0) is 60.9 Å². The highest BCUT2D eigenvalue weighted by molar-refractivity contribution is 7.91. The summed E-state index contributed by atoms with van der Waals surface area (Å²) in [5.74, 6) is -0.498. The average Bonchev–Trinajstić information content (AvgIpc) is 3.41. The molecule has 2 aromatic carbocycles. The standard InChI is InChI=1S/C24H25N3O5S2/c28-24(19-10-12-22(13-11-19)34(31,32)27-15-4-5-16-27)26-18-23(20-7-6-14-25-17-20)33(29,30)21-8-2-1-3-9-21/h1-3,6-14,17,23H,4-5,15-16,18H2,(H,26,28)/t23-/m0/s1. The zero-order valence-corrected chi connectivity index (χ0v) is 20.0. The number of hydrogen-bond donors (Lipinski definition) is 1. The lowest BCUT2D eigenvalue weighted by Crippen LogP contribution is -2.32. The van der Waals surface area contributed by atoms with E-state index in [2.05, 4.69) is 10.3 Å². The first-order valence-electron chi connectivity index (χ1n) is 10.9. The number of nitrogens with zero attached hydrogens (tertiary/aromatic N) is 2. The molecular formula is C24H25N3O5S2. The van der Waals surface area contributed by atoms with E-state index in [0.717, 1.165) is 12.8 Å². The van der Waals surface area contributed by atoms with E-state index in [-0.39, 0.29) is 21.9 Å². The van der Waals surface area contributed by atoms with Crippen molar-refractivity contribution in [2.75, 3.05) is 19.6 Å². The molecule has 10 heteroatoms. The van der Waals surface area contributed by atoms with Crippen molar-refractivity contribution in [2.24, 2.45) is 0 Å². The maximum atomic E-state index is 13.3. The molecule has 2 heterocycles. The van der Waals surface area contributed by atoms with Crippen LogP contribution in [-0.2, 0) is 19.9 Å². The van der Waals surface area contributed by atoms with Crippen molar-refractivity contribution in [2.45, 2.75) is 27.9 Å². The minimum Gasteiger partial charge on any atom is -0.350 e. The van der Waals surface area contributed by atoms with Gasteiger partial charge in [0.1, 0.15) is 5.25 Å². The van der Waals surface area contributed by atoms with E-state index < -0.39 is 31.0 Å². The lowest BCUT2D eigenvalue weighted by molar-refractivity contribution is 0.0953. The number of amides is 1. The smallest absolute Gasteiger partial charge is 0.251 e. The molecule has 1 saturated heterocycles. The van der Waals surface area contributed by atoms with Crippen molar-refractivity contribution in [1.82, 2.24) is 14.6 Å². The van der Waals surface area contributed by atoms with E-state index in [9.17, 15) is 21.6 Å². The summed E-state index contributed by atoms with van der Waals surface area (Å²) in [4.78, 5) is 17.1. The molecule has 1 atom stereocenters.